The molecule has 4 aliphatic heterocycles. The molecular weight excluding hydrogens is 761 g/mol. The van der Waals surface area contributed by atoms with Crippen molar-refractivity contribution in [3.63, 3.8) is 0 Å². The summed E-state index contributed by atoms with van der Waals surface area (Å²) in [6.45, 7) is 24.4. The molecule has 3 nitrogen and oxygen atoms in total. The lowest BCUT2D eigenvalue weighted by molar-refractivity contribution is 0.194. The zero-order valence-corrected chi connectivity index (χ0v) is 39.5. The Morgan fingerprint density at radius 1 is 0.540 bits per heavy atom. The van der Waals surface area contributed by atoms with Gasteiger partial charge in [-0.2, -0.15) is 0 Å². The fourth-order valence-corrected chi connectivity index (χ4v) is 14.8. The maximum Gasteiger partial charge on any atom is 0.252 e. The van der Waals surface area contributed by atoms with Gasteiger partial charge in [-0.25, -0.2) is 0 Å². The minimum atomic E-state index is -0.182. The highest BCUT2D eigenvalue weighted by Gasteiger charge is 2.65. The topological polar surface area (TPSA) is 9.72 Å². The predicted molar refractivity (Wildman–Crippen MR) is 269 cm³/mol. The summed E-state index contributed by atoms with van der Waals surface area (Å²) in [5.74, 6) is 0. The van der Waals surface area contributed by atoms with Gasteiger partial charge in [-0.3, -0.25) is 0 Å². The first-order valence-electron chi connectivity index (χ1n) is 24.2. The van der Waals surface area contributed by atoms with Crippen LogP contribution in [0.3, 0.4) is 0 Å². The van der Waals surface area contributed by atoms with Gasteiger partial charge >= 0.3 is 0 Å². The zero-order chi connectivity index (χ0) is 43.6. The molecule has 6 aromatic carbocycles. The summed E-state index contributed by atoms with van der Waals surface area (Å²) in [5.41, 5.74) is 24.9. The summed E-state index contributed by atoms with van der Waals surface area (Å²) in [5, 5.41) is 0. The third kappa shape index (κ3) is 4.94. The molecule has 4 atom stereocenters. The number of fused-ring (bicyclic) bond motifs is 10. The van der Waals surface area contributed by atoms with E-state index in [1.54, 1.807) is 11.1 Å². The molecule has 2 aliphatic carbocycles. The van der Waals surface area contributed by atoms with Crippen molar-refractivity contribution in [2.75, 3.05) is 14.7 Å². The minimum absolute atomic E-state index is 0.0195. The van der Waals surface area contributed by atoms with Gasteiger partial charge in [0.2, 0.25) is 0 Å². The fourth-order valence-electron chi connectivity index (χ4n) is 14.8. The van der Waals surface area contributed by atoms with Crippen molar-refractivity contribution in [3.05, 3.63) is 154 Å². The lowest BCUT2D eigenvalue weighted by Gasteiger charge is -2.54. The number of anilines is 7. The lowest BCUT2D eigenvalue weighted by Crippen LogP contribution is -2.65. The molecule has 0 bridgehead atoms. The molecule has 0 aromatic heterocycles. The average Bonchev–Trinajstić information content (AvgIpc) is 3.62. The van der Waals surface area contributed by atoms with E-state index in [0.29, 0.717) is 0 Å². The highest BCUT2D eigenvalue weighted by molar-refractivity contribution is 7.00. The van der Waals surface area contributed by atoms with Crippen molar-refractivity contribution >= 4 is 62.9 Å². The van der Waals surface area contributed by atoms with Gasteiger partial charge in [-0.15, -0.1) is 0 Å². The van der Waals surface area contributed by atoms with Gasteiger partial charge in [0.15, 0.2) is 0 Å². The van der Waals surface area contributed by atoms with Crippen LogP contribution in [0, 0.1) is 27.7 Å². The van der Waals surface area contributed by atoms with E-state index in [1.807, 2.05) is 0 Å². The highest BCUT2D eigenvalue weighted by atomic mass is 15.3. The molecule has 6 aliphatic rings. The Hall–Kier alpha value is -5.22. The smallest absolute Gasteiger partial charge is 0.252 e. The van der Waals surface area contributed by atoms with Gasteiger partial charge in [0.05, 0.1) is 11.1 Å². The van der Waals surface area contributed by atoms with E-state index in [9.17, 15) is 0 Å². The third-order valence-corrected chi connectivity index (χ3v) is 17.8. The average molecular weight is 826 g/mol. The van der Waals surface area contributed by atoms with Crippen molar-refractivity contribution in [3.8, 4) is 0 Å². The number of benzene rings is 6. The first-order valence-corrected chi connectivity index (χ1v) is 24.2. The van der Waals surface area contributed by atoms with Crippen molar-refractivity contribution in [2.24, 2.45) is 0 Å². The van der Waals surface area contributed by atoms with Crippen LogP contribution in [0.15, 0.2) is 109 Å². The van der Waals surface area contributed by atoms with Crippen LogP contribution in [0.4, 0.5) is 39.8 Å². The van der Waals surface area contributed by atoms with Crippen LogP contribution in [-0.2, 0) is 16.2 Å². The van der Waals surface area contributed by atoms with E-state index in [4.69, 9.17) is 0 Å². The molecule has 12 rings (SSSR count). The Morgan fingerprint density at radius 3 is 1.97 bits per heavy atom. The number of aryl methyl sites for hydroxylation is 4. The van der Waals surface area contributed by atoms with E-state index in [2.05, 4.69) is 193 Å². The maximum atomic E-state index is 2.96. The van der Waals surface area contributed by atoms with Crippen molar-refractivity contribution < 1.29 is 0 Å². The summed E-state index contributed by atoms with van der Waals surface area (Å²) in [4.78, 5) is 8.48. The molecule has 2 fully saturated rings. The Kier molecular flexibility index (Phi) is 8.10. The molecule has 63 heavy (non-hydrogen) atoms. The molecular formula is C59H64BN3. The molecule has 4 unspecified atom stereocenters. The number of nitrogens with zero attached hydrogens (tertiary/aromatic N) is 3. The second-order valence-electron chi connectivity index (χ2n) is 22.5. The van der Waals surface area contributed by atoms with Gasteiger partial charge in [-0.1, -0.05) is 137 Å². The second-order valence-corrected chi connectivity index (χ2v) is 22.5. The van der Waals surface area contributed by atoms with Gasteiger partial charge in [0.25, 0.3) is 6.71 Å². The Labute approximate surface area is 377 Å². The van der Waals surface area contributed by atoms with Crippen molar-refractivity contribution in [2.45, 2.75) is 148 Å². The number of hydrogen-bond donors (Lipinski definition) is 0. The quantitative estimate of drug-likeness (QED) is 0.164. The van der Waals surface area contributed by atoms with Gasteiger partial charge in [0, 0.05) is 50.6 Å². The zero-order valence-electron chi connectivity index (χ0n) is 39.5. The summed E-state index contributed by atoms with van der Waals surface area (Å²) in [6.07, 6.45) is 9.69. The number of hydrogen-bond acceptors (Lipinski definition) is 3. The van der Waals surface area contributed by atoms with Crippen LogP contribution in [0.5, 0.6) is 0 Å². The second kappa shape index (κ2) is 13.0. The van der Waals surface area contributed by atoms with Gasteiger partial charge in [0.1, 0.15) is 0 Å². The van der Waals surface area contributed by atoms with Crippen molar-refractivity contribution in [1.82, 2.24) is 0 Å². The van der Waals surface area contributed by atoms with E-state index in [1.165, 1.54) is 128 Å². The molecule has 0 radical (unpaired) electrons. The first-order chi connectivity index (χ1) is 30.1. The minimum Gasteiger partial charge on any atom is -0.335 e. The van der Waals surface area contributed by atoms with Crippen LogP contribution in [-0.4, -0.2) is 17.8 Å². The van der Waals surface area contributed by atoms with Crippen LogP contribution >= 0.6 is 0 Å². The van der Waals surface area contributed by atoms with E-state index >= 15 is 0 Å². The molecule has 0 N–H and O–H groups in total. The predicted octanol–water partition coefficient (Wildman–Crippen LogP) is 13.3. The molecule has 0 saturated heterocycles. The molecule has 2 saturated carbocycles. The first kappa shape index (κ1) is 39.4. The Balaban J connectivity index is 1.25. The molecule has 6 aromatic rings. The molecule has 0 spiro atoms. The van der Waals surface area contributed by atoms with Gasteiger partial charge < -0.3 is 14.7 Å². The standard InChI is InChI=1S/C59H64BN3/c1-37-20-23-43(24-21-37)61-48-25-22-38(2)31-46(48)60-47-34-42(55(5,6)7)33-45-54(47)63(58(10)28-16-17-29-59(45,58)41-18-12-11-13-19-41)51-36-44(35-50(61)53(51)60)62-49-32-39(3)30-40(4)52(49)56(8)26-14-15-27-57(56,62)9/h11-13,18-25,30-36H,14-17,26-29H2,1-10H3. The summed E-state index contributed by atoms with van der Waals surface area (Å²) < 4.78 is 0. The van der Waals surface area contributed by atoms with Crippen LogP contribution in [0.1, 0.15) is 137 Å². The highest BCUT2D eigenvalue weighted by Crippen LogP contribution is 2.67. The van der Waals surface area contributed by atoms with Crippen LogP contribution in [0.25, 0.3) is 0 Å². The third-order valence-electron chi connectivity index (χ3n) is 17.8. The fraction of sp³-hybridized carbons (Fsp3) is 0.390. The maximum absolute atomic E-state index is 2.96. The van der Waals surface area contributed by atoms with Crippen LogP contribution < -0.4 is 31.1 Å². The Bertz CT molecular complexity index is 2910. The lowest BCUT2D eigenvalue weighted by atomic mass is 9.33. The van der Waals surface area contributed by atoms with Gasteiger partial charge in [-0.05, 0) is 159 Å². The largest absolute Gasteiger partial charge is 0.335 e. The van der Waals surface area contributed by atoms with E-state index in [-0.39, 0.29) is 34.0 Å². The number of rotatable bonds is 3. The SMILES string of the molecule is Cc1ccc(N2c3ccc(C)cc3B3c4cc(C(C)(C)C)cc5c4N(c4cc(N6c7cc(C)cc(C)c7C7(C)CCCCC67C)cc2c43)C2(C)CCCCC52c2ccccc2)cc1. The molecule has 4 heterocycles. The summed E-state index contributed by atoms with van der Waals surface area (Å²) in [6, 6.07) is 44.0. The monoisotopic (exact) mass is 826 g/mol. The Morgan fingerprint density at radius 2 is 1.22 bits per heavy atom. The van der Waals surface area contributed by atoms with Crippen LogP contribution in [0.2, 0.25) is 0 Å². The normalized spacial score (nSPS) is 26.2. The van der Waals surface area contributed by atoms with E-state index < -0.39 is 0 Å². The molecule has 318 valence electrons. The van der Waals surface area contributed by atoms with E-state index in [0.717, 1.165) is 12.8 Å². The molecule has 4 heteroatoms. The summed E-state index contributed by atoms with van der Waals surface area (Å²) >= 11 is 0. The summed E-state index contributed by atoms with van der Waals surface area (Å²) in [7, 11) is 0. The van der Waals surface area contributed by atoms with Crippen molar-refractivity contribution in [1.29, 1.82) is 0 Å². The molecule has 0 amide bonds.